The van der Waals surface area contributed by atoms with Crippen LogP contribution in [0.1, 0.15) is 16.8 Å². The first-order chi connectivity index (χ1) is 12.6. The number of nitrogens with one attached hydrogen (secondary N) is 1. The summed E-state index contributed by atoms with van der Waals surface area (Å²) < 4.78 is 7.08. The lowest BCUT2D eigenvalue weighted by atomic mass is 10.1. The van der Waals surface area contributed by atoms with Crippen molar-refractivity contribution in [1.82, 2.24) is 19.5 Å². The molecule has 8 nitrogen and oxygen atoms in total. The zero-order valence-electron chi connectivity index (χ0n) is 14.0. The van der Waals surface area contributed by atoms with E-state index in [1.54, 1.807) is 35.2 Å². The van der Waals surface area contributed by atoms with Crippen molar-refractivity contribution in [2.45, 2.75) is 13.0 Å². The molecule has 2 heterocycles. The molecule has 0 amide bonds. The summed E-state index contributed by atoms with van der Waals surface area (Å²) in [7, 11) is 0. The maximum Gasteiger partial charge on any atom is 0.338 e. The van der Waals surface area contributed by atoms with Crippen LogP contribution in [-0.2, 0) is 11.3 Å². The number of anilines is 1. The number of aromatic amines is 1. The van der Waals surface area contributed by atoms with Crippen molar-refractivity contribution in [3.8, 4) is 0 Å². The van der Waals surface area contributed by atoms with Crippen molar-refractivity contribution in [2.24, 2.45) is 5.92 Å². The zero-order chi connectivity index (χ0) is 18.5. The lowest BCUT2D eigenvalue weighted by Crippen LogP contribution is -2.17. The van der Waals surface area contributed by atoms with Crippen molar-refractivity contribution >= 4 is 35.7 Å². The minimum absolute atomic E-state index is 0.0449. The molecule has 0 spiro atoms. The molecule has 0 aliphatic carbocycles. The van der Waals surface area contributed by atoms with Gasteiger partial charge < -0.3 is 15.0 Å². The second-order valence-electron chi connectivity index (χ2n) is 5.86. The lowest BCUT2D eigenvalue weighted by molar-refractivity contribution is 0.0483. The quantitative estimate of drug-likeness (QED) is 0.427. The van der Waals surface area contributed by atoms with Crippen LogP contribution in [0.2, 0.25) is 0 Å². The van der Waals surface area contributed by atoms with Gasteiger partial charge in [-0.1, -0.05) is 18.2 Å². The number of H-pyrrole nitrogens is 1. The van der Waals surface area contributed by atoms with Crippen LogP contribution in [0.5, 0.6) is 0 Å². The number of carbonyl (C=O) groups excluding carboxylic acids is 1. The highest BCUT2D eigenvalue weighted by molar-refractivity contribution is 7.80. The number of nitrogen functional groups attached to an aromatic ring is 1. The number of imidazole rings is 1. The molecule has 0 aliphatic heterocycles. The van der Waals surface area contributed by atoms with Gasteiger partial charge >= 0.3 is 5.97 Å². The molecule has 3 aromatic rings. The summed E-state index contributed by atoms with van der Waals surface area (Å²) in [6, 6.07) is 8.84. The molecule has 9 heteroatoms. The predicted octanol–water partition coefficient (Wildman–Crippen LogP) is 1.49. The third-order valence-corrected chi connectivity index (χ3v) is 4.49. The second-order valence-corrected chi connectivity index (χ2v) is 6.22. The molecular weight excluding hydrogens is 354 g/mol. The smallest absolute Gasteiger partial charge is 0.338 e. The number of benzene rings is 1. The van der Waals surface area contributed by atoms with Crippen molar-refractivity contribution < 1.29 is 9.53 Å². The van der Waals surface area contributed by atoms with Crippen LogP contribution < -0.4 is 11.3 Å². The van der Waals surface area contributed by atoms with E-state index in [9.17, 15) is 9.59 Å². The van der Waals surface area contributed by atoms with Crippen molar-refractivity contribution in [3.63, 3.8) is 0 Å². The lowest BCUT2D eigenvalue weighted by Gasteiger charge is -2.15. The predicted molar refractivity (Wildman–Crippen MR) is 101 cm³/mol. The Labute approximate surface area is 154 Å². The molecule has 0 bridgehead atoms. The normalized spacial score (nSPS) is 12.2. The van der Waals surface area contributed by atoms with Gasteiger partial charge in [0, 0.05) is 6.54 Å². The van der Waals surface area contributed by atoms with E-state index in [-0.39, 0.29) is 35.5 Å². The average Bonchev–Trinajstić information content (AvgIpc) is 3.04. The molecule has 0 saturated carbocycles. The fraction of sp³-hybridized carbons (Fsp3) is 0.294. The summed E-state index contributed by atoms with van der Waals surface area (Å²) in [6.45, 7) is 0.820. The van der Waals surface area contributed by atoms with Gasteiger partial charge in [-0.05, 0) is 30.2 Å². The molecule has 0 aliphatic rings. The Bertz CT molecular complexity index is 954. The molecule has 1 aromatic carbocycles. The monoisotopic (exact) mass is 373 g/mol. The second kappa shape index (κ2) is 8.05. The van der Waals surface area contributed by atoms with Crippen LogP contribution in [-0.4, -0.2) is 37.8 Å². The van der Waals surface area contributed by atoms with Gasteiger partial charge in [-0.2, -0.15) is 17.6 Å². The average molecular weight is 373 g/mol. The summed E-state index contributed by atoms with van der Waals surface area (Å²) in [6.07, 6.45) is 2.18. The van der Waals surface area contributed by atoms with Gasteiger partial charge in [0.05, 0.1) is 18.5 Å². The Morgan fingerprint density at radius 3 is 2.85 bits per heavy atom. The standard InChI is InChI=1S/C17H19N5O3S/c18-17-20-14-13(15(23)21-17)19-10-22(14)8-11(9-26)6-7-25-16(24)12-4-2-1-3-5-12/h1-5,10-11,26H,6-9H2,(H3,18,20,21,23)/t11-/m1/s1. The van der Waals surface area contributed by atoms with E-state index >= 15 is 0 Å². The largest absolute Gasteiger partial charge is 0.462 e. The highest BCUT2D eigenvalue weighted by Crippen LogP contribution is 2.14. The van der Waals surface area contributed by atoms with Crippen LogP contribution in [0.4, 0.5) is 5.95 Å². The minimum Gasteiger partial charge on any atom is -0.462 e. The summed E-state index contributed by atoms with van der Waals surface area (Å²) in [4.78, 5) is 34.4. The van der Waals surface area contributed by atoms with Gasteiger partial charge in [-0.15, -0.1) is 0 Å². The van der Waals surface area contributed by atoms with Crippen LogP contribution in [0, 0.1) is 5.92 Å². The number of nitrogens with zero attached hydrogens (tertiary/aromatic N) is 3. The highest BCUT2D eigenvalue weighted by atomic mass is 32.1. The summed E-state index contributed by atoms with van der Waals surface area (Å²) >= 11 is 4.37. The topological polar surface area (TPSA) is 116 Å². The third kappa shape index (κ3) is 4.05. The number of esters is 1. The molecule has 0 unspecified atom stereocenters. The van der Waals surface area contributed by atoms with E-state index in [0.29, 0.717) is 29.9 Å². The van der Waals surface area contributed by atoms with Gasteiger partial charge in [-0.3, -0.25) is 9.78 Å². The summed E-state index contributed by atoms with van der Waals surface area (Å²) in [5.74, 6) is 0.393. The minimum atomic E-state index is -0.370. The Hall–Kier alpha value is -2.81. The summed E-state index contributed by atoms with van der Waals surface area (Å²) in [5.41, 5.74) is 6.43. The van der Waals surface area contributed by atoms with Crippen molar-refractivity contribution in [2.75, 3.05) is 18.1 Å². The number of rotatable bonds is 7. The first-order valence-corrected chi connectivity index (χ1v) is 8.75. The number of nitrogens with two attached hydrogens (primary N) is 1. The highest BCUT2D eigenvalue weighted by Gasteiger charge is 2.15. The molecule has 0 fully saturated rings. The zero-order valence-corrected chi connectivity index (χ0v) is 14.9. The van der Waals surface area contributed by atoms with Crippen LogP contribution in [0.3, 0.4) is 0 Å². The number of thiol groups is 1. The number of carbonyl (C=O) groups is 1. The van der Waals surface area contributed by atoms with E-state index in [1.165, 1.54) is 0 Å². The molecule has 0 radical (unpaired) electrons. The molecule has 136 valence electrons. The van der Waals surface area contributed by atoms with Gasteiger partial charge in [0.25, 0.3) is 5.56 Å². The number of hydrogen-bond acceptors (Lipinski definition) is 7. The maximum absolute atomic E-state index is 12.0. The van der Waals surface area contributed by atoms with Crippen LogP contribution in [0.15, 0.2) is 41.5 Å². The SMILES string of the molecule is Nc1nc2c(ncn2C[C@H](CS)CCOC(=O)c2ccccc2)c(=O)[nH]1. The van der Waals surface area contributed by atoms with E-state index in [0.717, 1.165) is 0 Å². The Morgan fingerprint density at radius 1 is 1.35 bits per heavy atom. The van der Waals surface area contributed by atoms with E-state index in [2.05, 4.69) is 27.6 Å². The number of ether oxygens (including phenoxy) is 1. The van der Waals surface area contributed by atoms with Crippen LogP contribution in [0.25, 0.3) is 11.2 Å². The summed E-state index contributed by atoms with van der Waals surface area (Å²) in [5, 5.41) is 0. The van der Waals surface area contributed by atoms with Crippen molar-refractivity contribution in [3.05, 3.63) is 52.6 Å². The van der Waals surface area contributed by atoms with E-state index in [1.807, 2.05) is 6.07 Å². The number of hydrogen-bond donors (Lipinski definition) is 3. The number of fused-ring (bicyclic) bond motifs is 1. The van der Waals surface area contributed by atoms with Crippen molar-refractivity contribution in [1.29, 1.82) is 0 Å². The number of aromatic nitrogens is 4. The van der Waals surface area contributed by atoms with Gasteiger partial charge in [0.2, 0.25) is 5.95 Å². The molecule has 1 atom stereocenters. The molecule has 2 aromatic heterocycles. The van der Waals surface area contributed by atoms with E-state index in [4.69, 9.17) is 10.5 Å². The van der Waals surface area contributed by atoms with Crippen LogP contribution >= 0.6 is 12.6 Å². The fourth-order valence-electron chi connectivity index (χ4n) is 2.60. The first kappa shape index (κ1) is 18.0. The van der Waals surface area contributed by atoms with Gasteiger partial charge in [0.1, 0.15) is 0 Å². The Kier molecular flexibility index (Phi) is 5.57. The molecule has 3 rings (SSSR count). The molecule has 3 N–H and O–H groups in total. The van der Waals surface area contributed by atoms with E-state index < -0.39 is 0 Å². The molecule has 0 saturated heterocycles. The van der Waals surface area contributed by atoms with Gasteiger partial charge in [0.15, 0.2) is 11.2 Å². The maximum atomic E-state index is 12.0. The Morgan fingerprint density at radius 2 is 2.12 bits per heavy atom. The fourth-order valence-corrected chi connectivity index (χ4v) is 2.90. The molecular formula is C17H19N5O3S. The molecule has 26 heavy (non-hydrogen) atoms. The Balaban J connectivity index is 1.62. The third-order valence-electron chi connectivity index (χ3n) is 3.97. The van der Waals surface area contributed by atoms with Gasteiger partial charge in [-0.25, -0.2) is 9.78 Å². The first-order valence-electron chi connectivity index (χ1n) is 8.12.